The molecule has 8 heteroatoms. The summed E-state index contributed by atoms with van der Waals surface area (Å²) in [5.74, 6) is -3.91. The van der Waals surface area contributed by atoms with Gasteiger partial charge in [0.15, 0.2) is 5.82 Å². The summed E-state index contributed by atoms with van der Waals surface area (Å²) in [7, 11) is 0. The van der Waals surface area contributed by atoms with Crippen LogP contribution in [0, 0.1) is 41.2 Å². The van der Waals surface area contributed by atoms with Crippen LogP contribution in [0.1, 0.15) is 30.8 Å². The van der Waals surface area contributed by atoms with Gasteiger partial charge in [-0.2, -0.15) is 5.26 Å². The molecule has 2 aromatic heterocycles. The van der Waals surface area contributed by atoms with Crippen LogP contribution in [-0.2, 0) is 5.41 Å². The van der Waals surface area contributed by atoms with Gasteiger partial charge in [0, 0.05) is 16.5 Å². The van der Waals surface area contributed by atoms with Crippen LogP contribution in [0.25, 0.3) is 27.4 Å². The standard InChI is InChI=1S/C27H16F4N4/c1-27(2,22-8-4-6-20(34-22)15-10-12-18(28)17(14-32)24(15)30)23-9-5-7-21(35-23)16-11-13-19(29)26(33-3)25(16)31/h4-13H,1-2H3. The lowest BCUT2D eigenvalue weighted by atomic mass is 9.84. The number of benzene rings is 2. The molecular weight excluding hydrogens is 456 g/mol. The van der Waals surface area contributed by atoms with Gasteiger partial charge in [-0.05, 0) is 62.4 Å². The van der Waals surface area contributed by atoms with Crippen LogP contribution in [0.5, 0.6) is 0 Å². The van der Waals surface area contributed by atoms with Crippen molar-refractivity contribution in [2.24, 2.45) is 0 Å². The number of pyridine rings is 2. The molecule has 4 rings (SSSR count). The van der Waals surface area contributed by atoms with Gasteiger partial charge < -0.3 is 0 Å². The lowest BCUT2D eigenvalue weighted by Crippen LogP contribution is -2.22. The maximum atomic E-state index is 14.7. The lowest BCUT2D eigenvalue weighted by Gasteiger charge is -2.25. The van der Waals surface area contributed by atoms with E-state index in [1.54, 1.807) is 36.4 Å². The molecule has 0 bridgehead atoms. The van der Waals surface area contributed by atoms with E-state index in [4.69, 9.17) is 11.8 Å². The predicted octanol–water partition coefficient (Wildman–Crippen LogP) is 7.12. The molecule has 0 saturated heterocycles. The molecular formula is C27H16F4N4. The Balaban J connectivity index is 1.79. The lowest BCUT2D eigenvalue weighted by molar-refractivity contribution is 0.577. The second-order valence-corrected chi connectivity index (χ2v) is 8.21. The maximum Gasteiger partial charge on any atom is 0.257 e. The van der Waals surface area contributed by atoms with Gasteiger partial charge in [0.1, 0.15) is 29.1 Å². The number of nitrogens with zero attached hydrogens (tertiary/aromatic N) is 4. The summed E-state index contributed by atoms with van der Waals surface area (Å²) >= 11 is 0. The van der Waals surface area contributed by atoms with Gasteiger partial charge in [-0.1, -0.05) is 12.1 Å². The van der Waals surface area contributed by atoms with E-state index in [-0.39, 0.29) is 22.5 Å². The minimum absolute atomic E-state index is 0.0193. The van der Waals surface area contributed by atoms with Crippen LogP contribution in [0.2, 0.25) is 0 Å². The van der Waals surface area contributed by atoms with Crippen molar-refractivity contribution in [1.29, 1.82) is 5.26 Å². The molecule has 0 amide bonds. The normalized spacial score (nSPS) is 11.1. The number of hydrogen-bond donors (Lipinski definition) is 0. The highest BCUT2D eigenvalue weighted by Crippen LogP contribution is 2.35. The highest BCUT2D eigenvalue weighted by Gasteiger charge is 2.28. The zero-order valence-corrected chi connectivity index (χ0v) is 18.6. The molecule has 0 saturated carbocycles. The molecule has 0 unspecified atom stereocenters. The molecule has 0 N–H and O–H groups in total. The molecule has 0 fully saturated rings. The van der Waals surface area contributed by atoms with Gasteiger partial charge in [-0.15, -0.1) is 0 Å². The zero-order chi connectivity index (χ0) is 25.3. The van der Waals surface area contributed by atoms with Gasteiger partial charge in [-0.25, -0.2) is 22.4 Å². The fourth-order valence-corrected chi connectivity index (χ4v) is 3.69. The van der Waals surface area contributed by atoms with Gasteiger partial charge in [0.25, 0.3) is 5.69 Å². The van der Waals surface area contributed by atoms with Crippen LogP contribution in [0.4, 0.5) is 23.2 Å². The Bertz CT molecular complexity index is 1430. The van der Waals surface area contributed by atoms with Crippen LogP contribution in [0.3, 0.4) is 0 Å². The summed E-state index contributed by atoms with van der Waals surface area (Å²) in [5, 5.41) is 9.07. The molecule has 0 aliphatic heterocycles. The highest BCUT2D eigenvalue weighted by molar-refractivity contribution is 5.68. The average molecular weight is 472 g/mol. The summed E-state index contributed by atoms with van der Waals surface area (Å²) in [6.07, 6.45) is 0. The van der Waals surface area contributed by atoms with Crippen molar-refractivity contribution in [2.75, 3.05) is 0 Å². The van der Waals surface area contributed by atoms with E-state index in [0.29, 0.717) is 11.4 Å². The largest absolute Gasteiger partial charge is 0.257 e. The van der Waals surface area contributed by atoms with Gasteiger partial charge in [0.05, 0.1) is 29.3 Å². The highest BCUT2D eigenvalue weighted by atomic mass is 19.1. The number of hydrogen-bond acceptors (Lipinski definition) is 3. The van der Waals surface area contributed by atoms with Crippen LogP contribution >= 0.6 is 0 Å². The first-order chi connectivity index (χ1) is 16.7. The monoisotopic (exact) mass is 472 g/mol. The van der Waals surface area contributed by atoms with Crippen LogP contribution in [-0.4, -0.2) is 9.97 Å². The van der Waals surface area contributed by atoms with Gasteiger partial charge in [-0.3, -0.25) is 9.97 Å². The Hall–Kier alpha value is -4.56. The smallest absolute Gasteiger partial charge is 0.252 e. The van der Waals surface area contributed by atoms with E-state index in [9.17, 15) is 17.6 Å². The third-order valence-corrected chi connectivity index (χ3v) is 5.71. The molecule has 35 heavy (non-hydrogen) atoms. The average Bonchev–Trinajstić information content (AvgIpc) is 2.85. The Morgan fingerprint density at radius 2 is 1.29 bits per heavy atom. The summed E-state index contributed by atoms with van der Waals surface area (Å²) in [5.41, 5.74) is -0.904. The van der Waals surface area contributed by atoms with Gasteiger partial charge in [0.2, 0.25) is 0 Å². The third kappa shape index (κ3) is 4.11. The van der Waals surface area contributed by atoms with Crippen LogP contribution in [0.15, 0.2) is 60.7 Å². The van der Waals surface area contributed by atoms with Gasteiger partial charge >= 0.3 is 0 Å². The zero-order valence-electron chi connectivity index (χ0n) is 18.6. The van der Waals surface area contributed by atoms with E-state index in [1.165, 1.54) is 18.2 Å². The minimum Gasteiger partial charge on any atom is -0.252 e. The summed E-state index contributed by atoms with van der Waals surface area (Å²) in [4.78, 5) is 12.0. The van der Waals surface area contributed by atoms with E-state index >= 15 is 0 Å². The molecule has 172 valence electrons. The molecule has 2 aromatic carbocycles. The molecule has 0 spiro atoms. The fraction of sp³-hybridized carbons (Fsp3) is 0.111. The number of nitriles is 1. The van der Waals surface area contributed by atoms with E-state index in [0.717, 1.165) is 12.1 Å². The quantitative estimate of drug-likeness (QED) is 0.235. The predicted molar refractivity (Wildman–Crippen MR) is 122 cm³/mol. The second-order valence-electron chi connectivity index (χ2n) is 8.21. The Kier molecular flexibility index (Phi) is 6.07. The SMILES string of the molecule is [C-]#[N+]c1c(F)ccc(-c2cccc(C(C)(C)c3cccc(-c4ccc(F)c(C#N)c4F)n3)n2)c1F. The first-order valence-corrected chi connectivity index (χ1v) is 10.4. The molecule has 2 heterocycles. The van der Waals surface area contributed by atoms with Crippen molar-refractivity contribution in [3.63, 3.8) is 0 Å². The first kappa shape index (κ1) is 23.6. The summed E-state index contributed by atoms with van der Waals surface area (Å²) in [6, 6.07) is 15.8. The Morgan fingerprint density at radius 3 is 1.80 bits per heavy atom. The van der Waals surface area contributed by atoms with Crippen molar-refractivity contribution >= 4 is 5.69 Å². The number of rotatable bonds is 4. The van der Waals surface area contributed by atoms with Crippen molar-refractivity contribution < 1.29 is 17.6 Å². The van der Waals surface area contributed by atoms with E-state index in [2.05, 4.69) is 14.8 Å². The third-order valence-electron chi connectivity index (χ3n) is 5.71. The van der Waals surface area contributed by atoms with Crippen molar-refractivity contribution in [3.05, 3.63) is 112 Å². The minimum atomic E-state index is -1.00. The van der Waals surface area contributed by atoms with Crippen molar-refractivity contribution in [1.82, 2.24) is 9.97 Å². The molecule has 0 atom stereocenters. The molecule has 0 aliphatic rings. The van der Waals surface area contributed by atoms with Crippen molar-refractivity contribution in [2.45, 2.75) is 19.3 Å². The number of aromatic nitrogens is 2. The maximum absolute atomic E-state index is 14.7. The molecule has 0 aliphatic carbocycles. The molecule has 4 aromatic rings. The number of halogens is 4. The topological polar surface area (TPSA) is 53.9 Å². The first-order valence-electron chi connectivity index (χ1n) is 10.4. The fourth-order valence-electron chi connectivity index (χ4n) is 3.69. The Labute approximate surface area is 199 Å². The molecule has 4 nitrogen and oxygen atoms in total. The van der Waals surface area contributed by atoms with E-state index in [1.807, 2.05) is 13.8 Å². The summed E-state index contributed by atoms with van der Waals surface area (Å²) in [6.45, 7) is 10.7. The van der Waals surface area contributed by atoms with E-state index < -0.39 is 39.9 Å². The van der Waals surface area contributed by atoms with Crippen molar-refractivity contribution in [3.8, 4) is 28.6 Å². The Morgan fingerprint density at radius 1 is 0.771 bits per heavy atom. The second kappa shape index (κ2) is 9.00. The summed E-state index contributed by atoms with van der Waals surface area (Å²) < 4.78 is 57.0. The molecule has 0 radical (unpaired) electrons. The van der Waals surface area contributed by atoms with Crippen LogP contribution < -0.4 is 0 Å².